The molecule has 6 nitrogen and oxygen atoms in total. The number of fused-ring (bicyclic) bond motifs is 1. The molecule has 32 heavy (non-hydrogen) atoms. The average Bonchev–Trinajstić information content (AvgIpc) is 3.42. The zero-order valence-corrected chi connectivity index (χ0v) is 20.2. The van der Waals surface area contributed by atoms with Gasteiger partial charge in [0.1, 0.15) is 0 Å². The van der Waals surface area contributed by atoms with Crippen molar-refractivity contribution in [1.29, 1.82) is 0 Å². The summed E-state index contributed by atoms with van der Waals surface area (Å²) in [4.78, 5) is 42.8. The molecule has 1 N–H and O–H groups in total. The van der Waals surface area contributed by atoms with E-state index in [4.69, 9.17) is 4.74 Å². The number of amides is 1. The number of nitrogens with zero attached hydrogens (tertiary/aromatic N) is 1. The molecule has 2 aromatic heterocycles. The highest BCUT2D eigenvalue weighted by atomic mass is 32.1. The Hall–Kier alpha value is -2.58. The lowest BCUT2D eigenvalue weighted by molar-refractivity contribution is -0.155. The van der Waals surface area contributed by atoms with E-state index in [0.717, 1.165) is 20.1 Å². The van der Waals surface area contributed by atoms with E-state index in [1.807, 2.05) is 44.2 Å². The number of carbonyl (C=O) groups is 3. The highest BCUT2D eigenvalue weighted by Gasteiger charge is 2.38. The summed E-state index contributed by atoms with van der Waals surface area (Å²) in [6.07, 6.45) is 2.38. The molecule has 8 heteroatoms. The van der Waals surface area contributed by atoms with E-state index >= 15 is 0 Å². The number of thiophene rings is 1. The number of hydrogen-bond donors (Lipinski definition) is 1. The maximum Gasteiger partial charge on any atom is 0.312 e. The van der Waals surface area contributed by atoms with Crippen LogP contribution in [0.5, 0.6) is 0 Å². The molecule has 1 aromatic carbocycles. The Morgan fingerprint density at radius 1 is 1.06 bits per heavy atom. The van der Waals surface area contributed by atoms with E-state index in [1.165, 1.54) is 18.3 Å². The number of aromatic nitrogens is 1. The fourth-order valence-electron chi connectivity index (χ4n) is 3.53. The minimum atomic E-state index is -0.701. The first-order chi connectivity index (χ1) is 15.4. The van der Waals surface area contributed by atoms with Crippen molar-refractivity contribution in [2.75, 3.05) is 13.2 Å². The molecule has 0 aliphatic carbocycles. The van der Waals surface area contributed by atoms with Crippen LogP contribution in [-0.2, 0) is 27.2 Å². The van der Waals surface area contributed by atoms with Crippen LogP contribution in [0.4, 0.5) is 0 Å². The zero-order valence-electron chi connectivity index (χ0n) is 18.6. The van der Waals surface area contributed by atoms with Crippen LogP contribution in [0, 0.1) is 5.41 Å². The zero-order chi connectivity index (χ0) is 23.1. The van der Waals surface area contributed by atoms with Gasteiger partial charge in [0.2, 0.25) is 11.7 Å². The van der Waals surface area contributed by atoms with Crippen LogP contribution in [0.15, 0.2) is 36.4 Å². The fourth-order valence-corrected chi connectivity index (χ4v) is 5.57. The minimum Gasteiger partial charge on any atom is -0.457 e. The van der Waals surface area contributed by atoms with E-state index < -0.39 is 5.41 Å². The molecule has 3 aromatic rings. The molecule has 0 spiro atoms. The van der Waals surface area contributed by atoms with E-state index in [1.54, 1.807) is 17.4 Å². The number of rotatable bonds is 11. The largest absolute Gasteiger partial charge is 0.457 e. The van der Waals surface area contributed by atoms with Gasteiger partial charge >= 0.3 is 5.97 Å². The van der Waals surface area contributed by atoms with Crippen molar-refractivity contribution in [2.24, 2.45) is 5.41 Å². The molecule has 0 aliphatic heterocycles. The van der Waals surface area contributed by atoms with Crippen molar-refractivity contribution < 1.29 is 19.1 Å². The number of thiazole rings is 1. The third-order valence-electron chi connectivity index (χ3n) is 5.63. The summed E-state index contributed by atoms with van der Waals surface area (Å²) in [7, 11) is 0. The van der Waals surface area contributed by atoms with E-state index in [9.17, 15) is 14.4 Å². The standard InChI is InChI=1S/C24H28N2O4S2/c1-4-24(5-2,14-22-26-18-8-6-7-9-20(18)32-22)23(29)30-15-19(28)21-11-10-17(31-21)12-13-25-16(3)27/h6-11H,4-5,12-15H2,1-3H3,(H,25,27). The Labute approximate surface area is 196 Å². The van der Waals surface area contributed by atoms with Gasteiger partial charge in [0.15, 0.2) is 6.61 Å². The Bertz CT molecular complexity index is 1070. The normalized spacial score (nSPS) is 11.5. The maximum absolute atomic E-state index is 13.1. The fraction of sp³-hybridized carbons (Fsp3) is 0.417. The van der Waals surface area contributed by atoms with Crippen molar-refractivity contribution in [3.8, 4) is 0 Å². The molecule has 0 saturated carbocycles. The first kappa shape index (κ1) is 24.1. The van der Waals surface area contributed by atoms with E-state index in [2.05, 4.69) is 10.3 Å². The Morgan fingerprint density at radius 2 is 1.81 bits per heavy atom. The topological polar surface area (TPSA) is 85.4 Å². The second kappa shape index (κ2) is 10.8. The molecule has 170 valence electrons. The molecule has 0 bridgehead atoms. The lowest BCUT2D eigenvalue weighted by Crippen LogP contribution is -2.35. The highest BCUT2D eigenvalue weighted by Crippen LogP contribution is 2.35. The van der Waals surface area contributed by atoms with Crippen LogP contribution in [-0.4, -0.2) is 35.8 Å². The summed E-state index contributed by atoms with van der Waals surface area (Å²) in [6.45, 7) is 5.67. The summed E-state index contributed by atoms with van der Waals surface area (Å²) < 4.78 is 6.61. The molecule has 0 atom stereocenters. The third kappa shape index (κ3) is 5.81. The molecule has 0 fully saturated rings. The SMILES string of the molecule is CCC(CC)(Cc1nc2ccccc2s1)C(=O)OCC(=O)c1ccc(CCNC(C)=O)s1. The maximum atomic E-state index is 13.1. The van der Waals surface area contributed by atoms with Gasteiger partial charge in [-0.3, -0.25) is 14.4 Å². The number of ketones is 1. The predicted octanol–water partition coefficient (Wildman–Crippen LogP) is 4.81. The predicted molar refractivity (Wildman–Crippen MR) is 128 cm³/mol. The summed E-state index contributed by atoms with van der Waals surface area (Å²) in [5, 5.41) is 3.64. The van der Waals surface area contributed by atoms with E-state index in [-0.39, 0.29) is 24.3 Å². The van der Waals surface area contributed by atoms with Gasteiger partial charge in [-0.1, -0.05) is 26.0 Å². The highest BCUT2D eigenvalue weighted by molar-refractivity contribution is 7.18. The number of para-hydroxylation sites is 1. The van der Waals surface area contributed by atoms with Crippen LogP contribution in [0.2, 0.25) is 0 Å². The number of hydrogen-bond acceptors (Lipinski definition) is 7. The van der Waals surface area contributed by atoms with Gasteiger partial charge in [0.05, 0.1) is 25.5 Å². The van der Waals surface area contributed by atoms with Gasteiger partial charge in [-0.15, -0.1) is 22.7 Å². The van der Waals surface area contributed by atoms with Gasteiger partial charge in [-0.25, -0.2) is 4.98 Å². The number of benzene rings is 1. The van der Waals surface area contributed by atoms with Crippen molar-refractivity contribution in [1.82, 2.24) is 10.3 Å². The number of ether oxygens (including phenoxy) is 1. The van der Waals surface area contributed by atoms with E-state index in [0.29, 0.717) is 37.1 Å². The molecule has 0 radical (unpaired) electrons. The van der Waals surface area contributed by atoms with Crippen molar-refractivity contribution in [3.05, 3.63) is 51.2 Å². The molecule has 0 saturated heterocycles. The van der Waals surface area contributed by atoms with Crippen LogP contribution in [0.25, 0.3) is 10.2 Å². The van der Waals surface area contributed by atoms with Gasteiger partial charge in [0, 0.05) is 24.8 Å². The van der Waals surface area contributed by atoms with Crippen molar-refractivity contribution in [2.45, 2.75) is 46.5 Å². The molecule has 0 unspecified atom stereocenters. The molecular weight excluding hydrogens is 444 g/mol. The monoisotopic (exact) mass is 472 g/mol. The van der Waals surface area contributed by atoms with Crippen LogP contribution in [0.3, 0.4) is 0 Å². The summed E-state index contributed by atoms with van der Waals surface area (Å²) in [6, 6.07) is 11.5. The minimum absolute atomic E-state index is 0.0778. The third-order valence-corrected chi connectivity index (χ3v) is 7.85. The lowest BCUT2D eigenvalue weighted by Gasteiger charge is -2.28. The first-order valence-electron chi connectivity index (χ1n) is 10.7. The summed E-state index contributed by atoms with van der Waals surface area (Å²) in [5.74, 6) is -0.640. The van der Waals surface area contributed by atoms with Gasteiger partial charge < -0.3 is 10.1 Å². The summed E-state index contributed by atoms with van der Waals surface area (Å²) >= 11 is 2.96. The molecular formula is C24H28N2O4S2. The van der Waals surface area contributed by atoms with Crippen LogP contribution in [0.1, 0.15) is 53.2 Å². The number of Topliss-reactive ketones (excluding diaryl/α,β-unsaturated/α-hetero) is 1. The van der Waals surface area contributed by atoms with Crippen LogP contribution >= 0.6 is 22.7 Å². The van der Waals surface area contributed by atoms with Gasteiger partial charge in [-0.05, 0) is 43.5 Å². The Morgan fingerprint density at radius 3 is 2.50 bits per heavy atom. The first-order valence-corrected chi connectivity index (χ1v) is 12.4. The smallest absolute Gasteiger partial charge is 0.312 e. The summed E-state index contributed by atoms with van der Waals surface area (Å²) in [5.41, 5.74) is 0.233. The van der Waals surface area contributed by atoms with Gasteiger partial charge in [0.25, 0.3) is 0 Å². The molecule has 0 aliphatic rings. The molecule has 2 heterocycles. The average molecular weight is 473 g/mol. The quantitative estimate of drug-likeness (QED) is 0.320. The second-order valence-corrected chi connectivity index (χ2v) is 10.0. The molecule has 3 rings (SSSR count). The van der Waals surface area contributed by atoms with Crippen molar-refractivity contribution in [3.63, 3.8) is 0 Å². The number of nitrogens with one attached hydrogen (secondary N) is 1. The number of esters is 1. The van der Waals surface area contributed by atoms with Crippen LogP contribution < -0.4 is 5.32 Å². The Balaban J connectivity index is 1.61. The van der Waals surface area contributed by atoms with Crippen molar-refractivity contribution >= 4 is 50.5 Å². The Kier molecular flexibility index (Phi) is 8.15. The second-order valence-electron chi connectivity index (χ2n) is 7.74. The van der Waals surface area contributed by atoms with Gasteiger partial charge in [-0.2, -0.15) is 0 Å². The number of carbonyl (C=O) groups excluding carboxylic acids is 3. The molecule has 1 amide bonds. The lowest BCUT2D eigenvalue weighted by atomic mass is 9.79.